The maximum Gasteiger partial charge on any atom is 0.335 e. The number of pyridine rings is 1. The lowest BCUT2D eigenvalue weighted by molar-refractivity contribution is 0.0697. The molecule has 1 aromatic carbocycles. The predicted molar refractivity (Wildman–Crippen MR) is 76.4 cm³/mol. The molecular formula is C15H12ClNO2. The highest BCUT2D eigenvalue weighted by atomic mass is 35.5. The first-order valence-corrected chi connectivity index (χ1v) is 6.01. The van der Waals surface area contributed by atoms with Crippen LogP contribution in [0.25, 0.3) is 16.8 Å². The zero-order valence-electron chi connectivity index (χ0n) is 10.4. The second-order valence-corrected chi connectivity index (χ2v) is 4.68. The molecule has 0 bridgehead atoms. The molecule has 0 aliphatic rings. The number of nitrogens with zero attached hydrogens (tertiary/aromatic N) is 1. The van der Waals surface area contributed by atoms with Crippen LogP contribution in [0.15, 0.2) is 43.1 Å². The van der Waals surface area contributed by atoms with Gasteiger partial charge in [0, 0.05) is 11.8 Å². The van der Waals surface area contributed by atoms with Crippen LogP contribution in [0.4, 0.5) is 0 Å². The highest BCUT2D eigenvalue weighted by Gasteiger charge is 2.09. The highest BCUT2D eigenvalue weighted by molar-refractivity contribution is 6.30. The van der Waals surface area contributed by atoms with Crippen LogP contribution in [-0.2, 0) is 0 Å². The van der Waals surface area contributed by atoms with Crippen molar-refractivity contribution in [1.29, 1.82) is 0 Å². The maximum atomic E-state index is 11.1. The molecule has 1 heterocycles. The number of hydrogen-bond acceptors (Lipinski definition) is 2. The third-order valence-electron chi connectivity index (χ3n) is 2.70. The van der Waals surface area contributed by atoms with Gasteiger partial charge >= 0.3 is 5.97 Å². The normalized spacial score (nSPS) is 10.2. The van der Waals surface area contributed by atoms with E-state index in [0.29, 0.717) is 10.7 Å². The molecule has 0 atom stereocenters. The molecule has 3 nitrogen and oxygen atoms in total. The Morgan fingerprint density at radius 2 is 1.95 bits per heavy atom. The van der Waals surface area contributed by atoms with Gasteiger partial charge in [-0.2, -0.15) is 0 Å². The SMILES string of the molecule is C=C(C)c1cc(C(=O)O)cc(-c2ccc(Cl)cn2)c1. The molecule has 0 saturated carbocycles. The molecule has 1 N–H and O–H groups in total. The molecule has 0 aliphatic heterocycles. The number of carbonyl (C=O) groups is 1. The van der Waals surface area contributed by atoms with E-state index in [0.717, 1.165) is 16.7 Å². The van der Waals surface area contributed by atoms with Crippen molar-refractivity contribution < 1.29 is 9.90 Å². The molecule has 0 saturated heterocycles. The Hall–Kier alpha value is -2.13. The number of aromatic nitrogens is 1. The molecule has 0 spiro atoms. The third-order valence-corrected chi connectivity index (χ3v) is 2.92. The van der Waals surface area contributed by atoms with Crippen LogP contribution in [0.1, 0.15) is 22.8 Å². The fraction of sp³-hybridized carbons (Fsp3) is 0.0667. The first-order chi connectivity index (χ1) is 8.97. The van der Waals surface area contributed by atoms with Gasteiger partial charge in [-0.1, -0.05) is 23.8 Å². The van der Waals surface area contributed by atoms with Crippen molar-refractivity contribution in [2.24, 2.45) is 0 Å². The molecule has 0 aliphatic carbocycles. The molecule has 2 rings (SSSR count). The largest absolute Gasteiger partial charge is 0.478 e. The summed E-state index contributed by atoms with van der Waals surface area (Å²) < 4.78 is 0. The Morgan fingerprint density at radius 3 is 2.47 bits per heavy atom. The summed E-state index contributed by atoms with van der Waals surface area (Å²) in [5, 5.41) is 9.68. The van der Waals surface area contributed by atoms with E-state index in [1.165, 1.54) is 6.20 Å². The van der Waals surface area contributed by atoms with Crippen LogP contribution in [-0.4, -0.2) is 16.1 Å². The summed E-state index contributed by atoms with van der Waals surface area (Å²) in [6.07, 6.45) is 1.53. The first-order valence-electron chi connectivity index (χ1n) is 5.63. The van der Waals surface area contributed by atoms with E-state index in [1.807, 2.05) is 13.0 Å². The fourth-order valence-electron chi connectivity index (χ4n) is 1.69. The smallest absolute Gasteiger partial charge is 0.335 e. The summed E-state index contributed by atoms with van der Waals surface area (Å²) in [4.78, 5) is 15.3. The maximum absolute atomic E-state index is 11.1. The van der Waals surface area contributed by atoms with Gasteiger partial charge in [-0.25, -0.2) is 4.79 Å². The zero-order valence-corrected chi connectivity index (χ0v) is 11.1. The molecular weight excluding hydrogens is 262 g/mol. The van der Waals surface area contributed by atoms with Crippen LogP contribution in [0, 0.1) is 0 Å². The van der Waals surface area contributed by atoms with Gasteiger partial charge < -0.3 is 5.11 Å². The minimum absolute atomic E-state index is 0.215. The van der Waals surface area contributed by atoms with Gasteiger partial charge in [0.1, 0.15) is 0 Å². The summed E-state index contributed by atoms with van der Waals surface area (Å²) in [7, 11) is 0. The molecule has 0 fully saturated rings. The molecule has 2 aromatic rings. The zero-order chi connectivity index (χ0) is 14.0. The molecule has 4 heteroatoms. The van der Waals surface area contributed by atoms with E-state index in [-0.39, 0.29) is 5.56 Å². The van der Waals surface area contributed by atoms with Gasteiger partial charge in [0.15, 0.2) is 0 Å². The number of rotatable bonds is 3. The number of carboxylic acids is 1. The lowest BCUT2D eigenvalue weighted by atomic mass is 9.99. The monoisotopic (exact) mass is 273 g/mol. The molecule has 1 aromatic heterocycles. The van der Waals surface area contributed by atoms with Gasteiger partial charge in [0.05, 0.1) is 16.3 Å². The summed E-state index contributed by atoms with van der Waals surface area (Å²) in [5.74, 6) is -0.974. The summed E-state index contributed by atoms with van der Waals surface area (Å²) in [6.45, 7) is 5.67. The Labute approximate surface area is 116 Å². The van der Waals surface area contributed by atoms with E-state index in [9.17, 15) is 4.79 Å². The Kier molecular flexibility index (Phi) is 3.67. The number of aromatic carboxylic acids is 1. The van der Waals surface area contributed by atoms with Crippen molar-refractivity contribution >= 4 is 23.1 Å². The molecule has 19 heavy (non-hydrogen) atoms. The van der Waals surface area contributed by atoms with Crippen LogP contribution in [0.5, 0.6) is 0 Å². The van der Waals surface area contributed by atoms with E-state index in [1.54, 1.807) is 24.3 Å². The van der Waals surface area contributed by atoms with Gasteiger partial charge in [-0.05, 0) is 42.8 Å². The summed E-state index contributed by atoms with van der Waals surface area (Å²) >= 11 is 5.79. The van der Waals surface area contributed by atoms with E-state index < -0.39 is 5.97 Å². The van der Waals surface area contributed by atoms with Crippen molar-refractivity contribution in [1.82, 2.24) is 4.98 Å². The van der Waals surface area contributed by atoms with Gasteiger partial charge in [-0.3, -0.25) is 4.98 Å². The van der Waals surface area contributed by atoms with Crippen LogP contribution in [0.2, 0.25) is 5.02 Å². The van der Waals surface area contributed by atoms with E-state index in [4.69, 9.17) is 16.7 Å². The van der Waals surface area contributed by atoms with Gasteiger partial charge in [0.2, 0.25) is 0 Å². The van der Waals surface area contributed by atoms with Gasteiger partial charge in [-0.15, -0.1) is 0 Å². The topological polar surface area (TPSA) is 50.2 Å². The highest BCUT2D eigenvalue weighted by Crippen LogP contribution is 2.24. The van der Waals surface area contributed by atoms with Crippen molar-refractivity contribution in [3.05, 3.63) is 59.3 Å². The predicted octanol–water partition coefficient (Wildman–Crippen LogP) is 4.13. The van der Waals surface area contributed by atoms with Crippen LogP contribution in [0.3, 0.4) is 0 Å². The molecule has 0 unspecified atom stereocenters. The second-order valence-electron chi connectivity index (χ2n) is 4.25. The third kappa shape index (κ3) is 3.01. The lowest BCUT2D eigenvalue weighted by Crippen LogP contribution is -1.98. The Bertz CT molecular complexity index is 615. The average molecular weight is 274 g/mol. The van der Waals surface area contributed by atoms with E-state index >= 15 is 0 Å². The van der Waals surface area contributed by atoms with E-state index in [2.05, 4.69) is 11.6 Å². The molecule has 0 amide bonds. The summed E-state index contributed by atoms with van der Waals surface area (Å²) in [6, 6.07) is 8.53. The molecule has 96 valence electrons. The Balaban J connectivity index is 2.59. The van der Waals surface area contributed by atoms with Crippen molar-refractivity contribution in [2.45, 2.75) is 6.92 Å². The van der Waals surface area contributed by atoms with Crippen molar-refractivity contribution in [3.63, 3.8) is 0 Å². The summed E-state index contributed by atoms with van der Waals surface area (Å²) in [5.41, 5.74) is 3.21. The fourth-order valence-corrected chi connectivity index (χ4v) is 1.80. The number of carboxylic acid groups (broad SMARTS) is 1. The minimum atomic E-state index is -0.974. The number of benzene rings is 1. The minimum Gasteiger partial charge on any atom is -0.478 e. The standard InChI is InChI=1S/C15H12ClNO2/c1-9(2)10-5-11(7-12(6-10)15(18)19)14-4-3-13(16)8-17-14/h3-8H,1H2,2H3,(H,18,19). The van der Waals surface area contributed by atoms with Crippen molar-refractivity contribution in [3.8, 4) is 11.3 Å². The number of halogens is 1. The molecule has 0 radical (unpaired) electrons. The Morgan fingerprint density at radius 1 is 1.26 bits per heavy atom. The number of allylic oxidation sites excluding steroid dienone is 1. The van der Waals surface area contributed by atoms with Crippen LogP contribution < -0.4 is 0 Å². The average Bonchev–Trinajstić information content (AvgIpc) is 2.39. The van der Waals surface area contributed by atoms with Crippen LogP contribution >= 0.6 is 11.6 Å². The van der Waals surface area contributed by atoms with Gasteiger partial charge in [0.25, 0.3) is 0 Å². The lowest BCUT2D eigenvalue weighted by Gasteiger charge is -2.07. The quantitative estimate of drug-likeness (QED) is 0.914. The van der Waals surface area contributed by atoms with Crippen molar-refractivity contribution in [2.75, 3.05) is 0 Å². The second kappa shape index (κ2) is 5.24. The number of hydrogen-bond donors (Lipinski definition) is 1. The first kappa shape index (κ1) is 13.3.